The highest BCUT2D eigenvalue weighted by Crippen LogP contribution is 2.35. The number of carbonyl (C=O) groups is 2. The van der Waals surface area contributed by atoms with E-state index < -0.39 is 17.3 Å². The molecule has 11 heteroatoms. The van der Waals surface area contributed by atoms with E-state index in [-0.39, 0.29) is 41.0 Å². The fraction of sp³-hybridized carbons (Fsp3) is 0.273. The molecule has 4 N–H and O–H groups in total. The summed E-state index contributed by atoms with van der Waals surface area (Å²) in [6, 6.07) is 18.2. The van der Waals surface area contributed by atoms with Gasteiger partial charge >= 0.3 is 0 Å². The van der Waals surface area contributed by atoms with Crippen LogP contribution >= 0.6 is 12.2 Å². The first-order valence-electron chi connectivity index (χ1n) is 14.3. The zero-order valence-electron chi connectivity index (χ0n) is 24.2. The van der Waals surface area contributed by atoms with Gasteiger partial charge in [-0.3, -0.25) is 14.6 Å². The second-order valence-corrected chi connectivity index (χ2v) is 11.2. The number of ether oxygens (including phenoxy) is 2. The monoisotopic (exact) mass is 616 g/mol. The highest BCUT2D eigenvalue weighted by atomic mass is 32.1. The Balaban J connectivity index is 1.28. The Morgan fingerprint density at radius 3 is 2.50 bits per heavy atom. The molecule has 228 valence electrons. The molecule has 0 radical (unpaired) electrons. The van der Waals surface area contributed by atoms with Gasteiger partial charge in [-0.1, -0.05) is 49.6 Å². The maximum absolute atomic E-state index is 15.2. The van der Waals surface area contributed by atoms with Crippen molar-refractivity contribution in [3.05, 3.63) is 89.9 Å². The number of nitrogens with one attached hydrogen (secondary N) is 3. The molecule has 1 saturated carbocycles. The largest absolute Gasteiger partial charge is 0.496 e. The summed E-state index contributed by atoms with van der Waals surface area (Å²) >= 11 is 5.22. The maximum atomic E-state index is 15.2. The Kier molecular flexibility index (Phi) is 9.66. The van der Waals surface area contributed by atoms with Crippen molar-refractivity contribution in [1.82, 2.24) is 15.6 Å². The number of halogens is 1. The third-order valence-electron chi connectivity index (χ3n) is 7.50. The first-order chi connectivity index (χ1) is 21.2. The van der Waals surface area contributed by atoms with Crippen LogP contribution in [0.2, 0.25) is 0 Å². The molecule has 1 fully saturated rings. The van der Waals surface area contributed by atoms with Crippen LogP contribution in [0, 0.1) is 5.82 Å². The molecule has 1 heterocycles. The van der Waals surface area contributed by atoms with E-state index in [1.807, 2.05) is 30.3 Å². The highest BCUT2D eigenvalue weighted by molar-refractivity contribution is 7.80. The Hall–Kier alpha value is -4.61. The van der Waals surface area contributed by atoms with E-state index in [1.54, 1.807) is 24.3 Å². The van der Waals surface area contributed by atoms with Crippen molar-refractivity contribution in [2.24, 2.45) is 0 Å². The molecular weight excluding hydrogens is 583 g/mol. The number of aromatic nitrogens is 1. The number of anilines is 1. The summed E-state index contributed by atoms with van der Waals surface area (Å²) < 4.78 is 26.6. The molecule has 5 rings (SSSR count). The van der Waals surface area contributed by atoms with Gasteiger partial charge in [0, 0.05) is 35.9 Å². The van der Waals surface area contributed by atoms with Gasteiger partial charge in [-0.15, -0.1) is 0 Å². The predicted molar refractivity (Wildman–Crippen MR) is 170 cm³/mol. The number of aliphatic hydroxyl groups is 1. The molecule has 4 aromatic rings. The quantitative estimate of drug-likeness (QED) is 0.178. The van der Waals surface area contributed by atoms with Gasteiger partial charge in [0.05, 0.1) is 30.2 Å². The van der Waals surface area contributed by atoms with Gasteiger partial charge in [-0.25, -0.2) is 4.39 Å². The Bertz CT molecular complexity index is 1680. The van der Waals surface area contributed by atoms with E-state index in [1.165, 1.54) is 25.4 Å². The van der Waals surface area contributed by atoms with Crippen LogP contribution in [0.3, 0.4) is 0 Å². The van der Waals surface area contributed by atoms with Crippen LogP contribution < -0.4 is 25.4 Å². The number of hydrogen-bond donors (Lipinski definition) is 4. The van der Waals surface area contributed by atoms with Gasteiger partial charge in [0.15, 0.2) is 16.7 Å². The van der Waals surface area contributed by atoms with E-state index in [9.17, 15) is 14.7 Å². The van der Waals surface area contributed by atoms with E-state index in [2.05, 4.69) is 20.9 Å². The van der Waals surface area contributed by atoms with E-state index in [0.29, 0.717) is 35.2 Å². The SMILES string of the molecule is COc1cc2nccc(Oc3ccc(NC(=S)NC(=O)Cc4ccccc4)cc3F)c2cc1C(=O)NCC1(O)CCCCC1. The molecular formula is C33H33FN4O5S. The number of rotatable bonds is 9. The van der Waals surface area contributed by atoms with Gasteiger partial charge in [-0.2, -0.15) is 0 Å². The van der Waals surface area contributed by atoms with Crippen molar-refractivity contribution in [2.45, 2.75) is 44.1 Å². The van der Waals surface area contributed by atoms with E-state index >= 15 is 4.39 Å². The minimum Gasteiger partial charge on any atom is -0.496 e. The molecule has 1 aromatic heterocycles. The first kappa shape index (κ1) is 30.8. The van der Waals surface area contributed by atoms with Crippen LogP contribution in [-0.2, 0) is 11.2 Å². The molecule has 44 heavy (non-hydrogen) atoms. The van der Waals surface area contributed by atoms with Crippen molar-refractivity contribution >= 4 is 45.7 Å². The average Bonchev–Trinajstić information content (AvgIpc) is 3.01. The summed E-state index contributed by atoms with van der Waals surface area (Å²) in [7, 11) is 1.46. The zero-order valence-corrected chi connectivity index (χ0v) is 25.0. The van der Waals surface area contributed by atoms with Crippen LogP contribution in [0.5, 0.6) is 17.2 Å². The van der Waals surface area contributed by atoms with Gasteiger partial charge in [0.1, 0.15) is 11.5 Å². The molecule has 2 amide bonds. The molecule has 0 aliphatic heterocycles. The van der Waals surface area contributed by atoms with Gasteiger partial charge in [0.25, 0.3) is 5.91 Å². The first-order valence-corrected chi connectivity index (χ1v) is 14.7. The lowest BCUT2D eigenvalue weighted by Crippen LogP contribution is -2.44. The van der Waals surface area contributed by atoms with Gasteiger partial charge in [-0.05, 0) is 54.9 Å². The Morgan fingerprint density at radius 1 is 1.00 bits per heavy atom. The van der Waals surface area contributed by atoms with Crippen molar-refractivity contribution < 1.29 is 28.6 Å². The summed E-state index contributed by atoms with van der Waals surface area (Å²) in [4.78, 5) is 29.8. The fourth-order valence-corrected chi connectivity index (χ4v) is 5.44. The number of fused-ring (bicyclic) bond motifs is 1. The minimum atomic E-state index is -0.927. The van der Waals surface area contributed by atoms with Crippen LogP contribution in [0.1, 0.15) is 48.0 Å². The lowest BCUT2D eigenvalue weighted by Gasteiger charge is -2.32. The summed E-state index contributed by atoms with van der Waals surface area (Å²) in [5.41, 5.74) is 0.956. The number of benzene rings is 3. The van der Waals surface area contributed by atoms with Crippen LogP contribution in [0.25, 0.3) is 10.9 Å². The second kappa shape index (κ2) is 13.8. The lowest BCUT2D eigenvalue weighted by atomic mass is 9.85. The van der Waals surface area contributed by atoms with Crippen molar-refractivity contribution in [3.8, 4) is 17.2 Å². The number of methoxy groups -OCH3 is 1. The van der Waals surface area contributed by atoms with E-state index in [0.717, 1.165) is 24.8 Å². The average molecular weight is 617 g/mol. The number of nitrogens with zero attached hydrogens (tertiary/aromatic N) is 1. The van der Waals surface area contributed by atoms with Gasteiger partial charge in [0.2, 0.25) is 5.91 Å². The van der Waals surface area contributed by atoms with Crippen molar-refractivity contribution in [2.75, 3.05) is 19.0 Å². The number of pyridine rings is 1. The van der Waals surface area contributed by atoms with Crippen LogP contribution in [0.15, 0.2) is 72.9 Å². The summed E-state index contributed by atoms with van der Waals surface area (Å²) in [6.45, 7) is 0.134. The molecule has 0 bridgehead atoms. The fourth-order valence-electron chi connectivity index (χ4n) is 5.20. The molecule has 0 spiro atoms. The number of thiocarbonyl (C=S) groups is 1. The predicted octanol–water partition coefficient (Wildman–Crippen LogP) is 5.66. The number of hydrogen-bond acceptors (Lipinski definition) is 7. The molecule has 3 aromatic carbocycles. The molecule has 0 saturated heterocycles. The summed E-state index contributed by atoms with van der Waals surface area (Å²) in [5.74, 6) is -0.863. The van der Waals surface area contributed by atoms with E-state index in [4.69, 9.17) is 21.7 Å². The summed E-state index contributed by atoms with van der Waals surface area (Å²) in [6.07, 6.45) is 5.86. The summed E-state index contributed by atoms with van der Waals surface area (Å²) in [5, 5.41) is 19.6. The molecule has 1 aliphatic carbocycles. The second-order valence-electron chi connectivity index (χ2n) is 10.8. The van der Waals surface area contributed by atoms with Crippen molar-refractivity contribution in [3.63, 3.8) is 0 Å². The Morgan fingerprint density at radius 2 is 1.77 bits per heavy atom. The third-order valence-corrected chi connectivity index (χ3v) is 7.70. The zero-order chi connectivity index (χ0) is 31.1. The lowest BCUT2D eigenvalue weighted by molar-refractivity contribution is -0.119. The number of amides is 2. The normalized spacial score (nSPS) is 14.0. The van der Waals surface area contributed by atoms with Crippen LogP contribution in [-0.4, -0.2) is 46.3 Å². The standard InChI is InChI=1S/C33H33FN4O5S/c1-42-29-19-26-23(18-24(29)31(40)36-20-33(41)13-6-3-7-14-33)27(12-15-35-26)43-28-11-10-22(17-25(28)34)37-32(44)38-30(39)16-21-8-4-2-5-9-21/h2,4-5,8-12,15,17-19,41H,3,6-7,13-14,16,20H2,1H3,(H,36,40)(H2,37,38,39,44). The molecule has 1 aliphatic rings. The maximum Gasteiger partial charge on any atom is 0.255 e. The Labute approximate surface area is 259 Å². The van der Waals surface area contributed by atoms with Crippen LogP contribution in [0.4, 0.5) is 10.1 Å². The molecule has 9 nitrogen and oxygen atoms in total. The molecule has 0 unspecified atom stereocenters. The third kappa shape index (κ3) is 7.66. The highest BCUT2D eigenvalue weighted by Gasteiger charge is 2.30. The van der Waals surface area contributed by atoms with Gasteiger partial charge < -0.3 is 30.5 Å². The minimum absolute atomic E-state index is 0.0366. The van der Waals surface area contributed by atoms with Crippen molar-refractivity contribution in [1.29, 1.82) is 0 Å². The molecule has 0 atom stereocenters. The topological polar surface area (TPSA) is 122 Å². The number of carbonyl (C=O) groups excluding carboxylic acids is 2. The smallest absolute Gasteiger partial charge is 0.255 e.